The lowest BCUT2D eigenvalue weighted by atomic mass is 10.1. The zero-order chi connectivity index (χ0) is 20.2. The molecule has 0 spiro atoms. The van der Waals surface area contributed by atoms with E-state index in [2.05, 4.69) is 16.8 Å². The molecule has 4 rings (SSSR count). The molecule has 3 aromatic rings. The van der Waals surface area contributed by atoms with Gasteiger partial charge >= 0.3 is 5.97 Å². The first-order valence-corrected chi connectivity index (χ1v) is 10.7. The van der Waals surface area contributed by atoms with Crippen molar-refractivity contribution in [2.24, 2.45) is 0 Å². The number of carboxylic acid groups (broad SMARTS) is 1. The smallest absolute Gasteiger partial charge is 0.335 e. The molecule has 0 fully saturated rings. The molecular weight excluding hydrogens is 404 g/mol. The molecule has 2 heterocycles. The highest BCUT2D eigenvalue weighted by Crippen LogP contribution is 2.29. The Balaban J connectivity index is 1.46. The summed E-state index contributed by atoms with van der Waals surface area (Å²) in [6.07, 6.45) is 4.31. The van der Waals surface area contributed by atoms with Crippen LogP contribution in [0.4, 0.5) is 0 Å². The molecule has 1 atom stereocenters. The van der Waals surface area contributed by atoms with Crippen molar-refractivity contribution in [1.29, 1.82) is 0 Å². The average Bonchev–Trinajstić information content (AvgIpc) is 3.15. The van der Waals surface area contributed by atoms with Crippen molar-refractivity contribution >= 4 is 34.4 Å². The van der Waals surface area contributed by atoms with E-state index in [-0.39, 0.29) is 5.56 Å². The van der Waals surface area contributed by atoms with Crippen molar-refractivity contribution < 1.29 is 14.1 Å². The van der Waals surface area contributed by atoms with Gasteiger partial charge in [-0.05, 0) is 35.3 Å². The third-order valence-corrected chi connectivity index (χ3v) is 6.65. The van der Waals surface area contributed by atoms with Crippen molar-refractivity contribution in [2.75, 3.05) is 0 Å². The second kappa shape index (κ2) is 8.43. The predicted octanol–water partition coefficient (Wildman–Crippen LogP) is 3.94. The molecule has 0 bridgehead atoms. The summed E-state index contributed by atoms with van der Waals surface area (Å²) in [5.74, 6) is 5.22. The average molecular weight is 421 g/mol. The van der Waals surface area contributed by atoms with E-state index in [4.69, 9.17) is 5.11 Å². The van der Waals surface area contributed by atoms with Crippen LogP contribution < -0.4 is 0 Å². The van der Waals surface area contributed by atoms with Crippen molar-refractivity contribution in [2.45, 2.75) is 18.0 Å². The molecule has 7 heteroatoms. The molecule has 0 saturated heterocycles. The Hall–Kier alpha value is -3.21. The van der Waals surface area contributed by atoms with E-state index in [1.807, 2.05) is 36.4 Å². The van der Waals surface area contributed by atoms with Crippen LogP contribution in [0.1, 0.15) is 31.4 Å². The molecule has 0 radical (unpaired) electrons. The SMILES string of the molecule is O=C(O)c1ccc(CN2C=Cc3sc(C#CCc4ccccc4)nc3S2=O)cc1. The fraction of sp³-hybridized carbons (Fsp3) is 0.0909. The van der Waals surface area contributed by atoms with Crippen LogP contribution in [0.3, 0.4) is 0 Å². The van der Waals surface area contributed by atoms with E-state index < -0.39 is 17.0 Å². The maximum Gasteiger partial charge on any atom is 0.335 e. The summed E-state index contributed by atoms with van der Waals surface area (Å²) in [6.45, 7) is 0.398. The minimum absolute atomic E-state index is 0.226. The van der Waals surface area contributed by atoms with E-state index >= 15 is 0 Å². The number of carbonyl (C=O) groups is 1. The van der Waals surface area contributed by atoms with E-state index in [1.54, 1.807) is 34.8 Å². The fourth-order valence-electron chi connectivity index (χ4n) is 2.78. The van der Waals surface area contributed by atoms with Crippen molar-refractivity contribution in [1.82, 2.24) is 9.29 Å². The molecule has 144 valence electrons. The number of thiazole rings is 1. The lowest BCUT2D eigenvalue weighted by molar-refractivity contribution is 0.0697. The monoisotopic (exact) mass is 420 g/mol. The third-order valence-electron chi connectivity index (χ3n) is 4.26. The first-order valence-electron chi connectivity index (χ1n) is 8.83. The van der Waals surface area contributed by atoms with Gasteiger partial charge in [0.2, 0.25) is 0 Å². The van der Waals surface area contributed by atoms with E-state index in [1.165, 1.54) is 11.3 Å². The summed E-state index contributed by atoms with van der Waals surface area (Å²) in [6, 6.07) is 16.5. The number of hydrogen-bond donors (Lipinski definition) is 1. The van der Waals surface area contributed by atoms with Gasteiger partial charge in [0.25, 0.3) is 0 Å². The van der Waals surface area contributed by atoms with Gasteiger partial charge in [0, 0.05) is 12.6 Å². The maximum absolute atomic E-state index is 12.9. The molecule has 0 saturated carbocycles. The molecule has 1 unspecified atom stereocenters. The molecule has 0 amide bonds. The van der Waals surface area contributed by atoms with E-state index in [0.29, 0.717) is 23.0 Å². The number of carboxylic acids is 1. The maximum atomic E-state index is 12.9. The van der Waals surface area contributed by atoms with Crippen LogP contribution in [-0.4, -0.2) is 24.6 Å². The zero-order valence-corrected chi connectivity index (χ0v) is 16.9. The van der Waals surface area contributed by atoms with Gasteiger partial charge in [0.05, 0.1) is 17.0 Å². The highest BCUT2D eigenvalue weighted by molar-refractivity contribution is 7.83. The van der Waals surface area contributed by atoms with Crippen LogP contribution >= 0.6 is 11.3 Å². The van der Waals surface area contributed by atoms with Crippen molar-refractivity contribution in [3.63, 3.8) is 0 Å². The lowest BCUT2D eigenvalue weighted by Gasteiger charge is -2.21. The van der Waals surface area contributed by atoms with Crippen LogP contribution in [-0.2, 0) is 24.0 Å². The lowest BCUT2D eigenvalue weighted by Crippen LogP contribution is -2.22. The first-order chi connectivity index (χ1) is 14.1. The Bertz CT molecular complexity index is 1160. The minimum atomic E-state index is -1.43. The van der Waals surface area contributed by atoms with E-state index in [9.17, 15) is 9.00 Å². The molecule has 2 aromatic carbocycles. The molecule has 1 N–H and O–H groups in total. The van der Waals surface area contributed by atoms with Gasteiger partial charge in [0.15, 0.2) is 21.0 Å². The van der Waals surface area contributed by atoms with Gasteiger partial charge < -0.3 is 5.11 Å². The summed E-state index contributed by atoms with van der Waals surface area (Å²) >= 11 is 1.43. The molecule has 5 nitrogen and oxygen atoms in total. The van der Waals surface area contributed by atoms with Gasteiger partial charge in [-0.2, -0.15) is 0 Å². The number of rotatable bonds is 4. The van der Waals surface area contributed by atoms with Gasteiger partial charge in [0.1, 0.15) is 0 Å². The Morgan fingerprint density at radius 3 is 2.59 bits per heavy atom. The normalized spacial score (nSPS) is 14.8. The summed E-state index contributed by atoms with van der Waals surface area (Å²) < 4.78 is 14.6. The van der Waals surface area contributed by atoms with Crippen LogP contribution in [0.25, 0.3) is 6.08 Å². The standard InChI is InChI=1S/C22H16N2O3S2/c25-22(26)18-11-9-17(10-12-18)15-24-14-13-19-21(29(24)27)23-20(28-19)8-4-7-16-5-2-1-3-6-16/h1-3,5-6,9-14H,7,15H2,(H,25,26). The zero-order valence-electron chi connectivity index (χ0n) is 15.2. The topological polar surface area (TPSA) is 70.5 Å². The number of aromatic carboxylic acids is 1. The summed E-state index contributed by atoms with van der Waals surface area (Å²) in [7, 11) is -1.43. The molecule has 1 aromatic heterocycles. The Kier molecular flexibility index (Phi) is 5.56. The molecule has 0 aliphatic carbocycles. The summed E-state index contributed by atoms with van der Waals surface area (Å²) in [5, 5.41) is 10.2. The molecular formula is C22H16N2O3S2. The Morgan fingerprint density at radius 1 is 1.10 bits per heavy atom. The number of fused-ring (bicyclic) bond motifs is 1. The quantitative estimate of drug-likeness (QED) is 0.649. The minimum Gasteiger partial charge on any atom is -0.478 e. The number of hydrogen-bond acceptors (Lipinski definition) is 4. The van der Waals surface area contributed by atoms with Gasteiger partial charge in [-0.15, -0.1) is 11.3 Å². The Morgan fingerprint density at radius 2 is 1.86 bits per heavy atom. The van der Waals surface area contributed by atoms with Crippen molar-refractivity contribution in [3.05, 3.63) is 87.4 Å². The number of benzene rings is 2. The molecule has 1 aliphatic heterocycles. The molecule has 29 heavy (non-hydrogen) atoms. The first kappa shape index (κ1) is 19.1. The number of aromatic nitrogens is 1. The Labute approximate surface area is 174 Å². The highest BCUT2D eigenvalue weighted by Gasteiger charge is 2.23. The second-order valence-corrected chi connectivity index (χ2v) is 8.68. The van der Waals surface area contributed by atoms with Crippen LogP contribution in [0.2, 0.25) is 0 Å². The van der Waals surface area contributed by atoms with Crippen LogP contribution in [0, 0.1) is 11.8 Å². The molecule has 1 aliphatic rings. The summed E-state index contributed by atoms with van der Waals surface area (Å²) in [5.41, 5.74) is 2.24. The van der Waals surface area contributed by atoms with Crippen LogP contribution in [0.15, 0.2) is 65.8 Å². The second-order valence-electron chi connectivity index (χ2n) is 6.29. The summed E-state index contributed by atoms with van der Waals surface area (Å²) in [4.78, 5) is 16.3. The third kappa shape index (κ3) is 4.45. The van der Waals surface area contributed by atoms with Gasteiger partial charge in [-0.3, -0.25) is 4.31 Å². The predicted molar refractivity (Wildman–Crippen MR) is 114 cm³/mol. The number of nitrogens with zero attached hydrogens (tertiary/aromatic N) is 2. The van der Waals surface area contributed by atoms with E-state index in [0.717, 1.165) is 16.0 Å². The van der Waals surface area contributed by atoms with Crippen LogP contribution in [0.5, 0.6) is 0 Å². The highest BCUT2D eigenvalue weighted by atomic mass is 32.2. The fourth-order valence-corrected chi connectivity index (χ4v) is 4.98. The van der Waals surface area contributed by atoms with Gasteiger partial charge in [-0.1, -0.05) is 48.4 Å². The van der Waals surface area contributed by atoms with Crippen molar-refractivity contribution in [3.8, 4) is 11.8 Å². The largest absolute Gasteiger partial charge is 0.478 e. The van der Waals surface area contributed by atoms with Gasteiger partial charge in [-0.25, -0.2) is 14.0 Å².